The molecule has 0 aliphatic rings. The summed E-state index contributed by atoms with van der Waals surface area (Å²) < 4.78 is 1.93. The Labute approximate surface area is 112 Å². The van der Waals surface area contributed by atoms with E-state index in [1.807, 2.05) is 10.7 Å². The zero-order valence-corrected chi connectivity index (χ0v) is 11.2. The molecule has 0 N–H and O–H groups in total. The molecule has 1 aromatic heterocycles. The van der Waals surface area contributed by atoms with Gasteiger partial charge in [0.05, 0.1) is 17.2 Å². The maximum Gasteiger partial charge on any atom is 0.269 e. The summed E-state index contributed by atoms with van der Waals surface area (Å²) in [5.74, 6) is 0. The van der Waals surface area contributed by atoms with Crippen molar-refractivity contribution in [3.63, 3.8) is 0 Å². The highest BCUT2D eigenvalue weighted by atomic mass is 16.6. The Hall–Kier alpha value is -2.17. The van der Waals surface area contributed by atoms with E-state index in [1.165, 1.54) is 6.07 Å². The van der Waals surface area contributed by atoms with Gasteiger partial charge in [0.2, 0.25) is 0 Å². The molecule has 5 heteroatoms. The Balaban J connectivity index is 2.27. The average Bonchev–Trinajstić information content (AvgIpc) is 2.81. The van der Waals surface area contributed by atoms with E-state index in [1.54, 1.807) is 12.1 Å². The topological polar surface area (TPSA) is 61.0 Å². The molecule has 0 spiro atoms. The third-order valence-corrected chi connectivity index (χ3v) is 3.09. The Bertz CT molecular complexity index is 590. The molecule has 0 bridgehead atoms. The van der Waals surface area contributed by atoms with Crippen LogP contribution in [-0.4, -0.2) is 14.7 Å². The lowest BCUT2D eigenvalue weighted by Crippen LogP contribution is -2.06. The SMILES string of the molecule is CCc1cc(CC)n(Cc2cccc([N+](=O)[O-])c2)n1. The molecule has 1 heterocycles. The lowest BCUT2D eigenvalue weighted by molar-refractivity contribution is -0.384. The molecule has 2 aromatic rings. The molecule has 0 amide bonds. The zero-order valence-electron chi connectivity index (χ0n) is 11.2. The molecular formula is C14H17N3O2. The van der Waals surface area contributed by atoms with Gasteiger partial charge in [0.1, 0.15) is 0 Å². The van der Waals surface area contributed by atoms with Gasteiger partial charge in [-0.15, -0.1) is 0 Å². The van der Waals surface area contributed by atoms with Gasteiger partial charge in [-0.3, -0.25) is 14.8 Å². The first kappa shape index (κ1) is 13.3. The number of hydrogen-bond donors (Lipinski definition) is 0. The van der Waals surface area contributed by atoms with Crippen molar-refractivity contribution in [1.29, 1.82) is 0 Å². The summed E-state index contributed by atoms with van der Waals surface area (Å²) >= 11 is 0. The Morgan fingerprint density at radius 2 is 2.05 bits per heavy atom. The minimum Gasteiger partial charge on any atom is -0.265 e. The van der Waals surface area contributed by atoms with Gasteiger partial charge in [-0.05, 0) is 24.5 Å². The van der Waals surface area contributed by atoms with Gasteiger partial charge >= 0.3 is 0 Å². The van der Waals surface area contributed by atoms with Crippen LogP contribution in [0, 0.1) is 10.1 Å². The Morgan fingerprint density at radius 3 is 2.68 bits per heavy atom. The van der Waals surface area contributed by atoms with E-state index >= 15 is 0 Å². The maximum atomic E-state index is 10.8. The van der Waals surface area contributed by atoms with Gasteiger partial charge in [0.15, 0.2) is 0 Å². The summed E-state index contributed by atoms with van der Waals surface area (Å²) in [5.41, 5.74) is 3.23. The van der Waals surface area contributed by atoms with Crippen molar-refractivity contribution in [3.8, 4) is 0 Å². The quantitative estimate of drug-likeness (QED) is 0.612. The number of nitrogens with zero attached hydrogens (tertiary/aromatic N) is 3. The van der Waals surface area contributed by atoms with Crippen LogP contribution in [0.4, 0.5) is 5.69 Å². The van der Waals surface area contributed by atoms with Gasteiger partial charge in [0, 0.05) is 17.8 Å². The molecular weight excluding hydrogens is 242 g/mol. The summed E-state index contributed by atoms with van der Waals surface area (Å²) in [6.45, 7) is 4.73. The van der Waals surface area contributed by atoms with E-state index in [2.05, 4.69) is 25.0 Å². The third-order valence-electron chi connectivity index (χ3n) is 3.09. The lowest BCUT2D eigenvalue weighted by Gasteiger charge is -2.05. The molecule has 19 heavy (non-hydrogen) atoms. The van der Waals surface area contributed by atoms with E-state index in [9.17, 15) is 10.1 Å². The van der Waals surface area contributed by atoms with Gasteiger partial charge in [-0.1, -0.05) is 26.0 Å². The second-order valence-corrected chi connectivity index (χ2v) is 4.42. The normalized spacial score (nSPS) is 10.6. The van der Waals surface area contributed by atoms with E-state index in [0.717, 1.165) is 29.8 Å². The van der Waals surface area contributed by atoms with Gasteiger partial charge < -0.3 is 0 Å². The van der Waals surface area contributed by atoms with Crippen LogP contribution in [0.1, 0.15) is 30.8 Å². The molecule has 0 aliphatic heterocycles. The average molecular weight is 259 g/mol. The summed E-state index contributed by atoms with van der Waals surface area (Å²) in [6.07, 6.45) is 1.80. The first-order chi connectivity index (χ1) is 9.13. The van der Waals surface area contributed by atoms with Gasteiger partial charge in [0.25, 0.3) is 5.69 Å². The van der Waals surface area contributed by atoms with Crippen molar-refractivity contribution in [3.05, 3.63) is 57.4 Å². The van der Waals surface area contributed by atoms with Crippen LogP contribution in [0.3, 0.4) is 0 Å². The van der Waals surface area contributed by atoms with E-state index < -0.39 is 0 Å². The Kier molecular flexibility index (Phi) is 3.94. The van der Waals surface area contributed by atoms with Crippen LogP contribution in [0.5, 0.6) is 0 Å². The van der Waals surface area contributed by atoms with Crippen LogP contribution in [-0.2, 0) is 19.4 Å². The summed E-state index contributed by atoms with van der Waals surface area (Å²) in [6, 6.07) is 8.80. The number of nitro groups is 1. The van der Waals surface area contributed by atoms with Crippen LogP contribution in [0.25, 0.3) is 0 Å². The van der Waals surface area contributed by atoms with Crippen molar-refractivity contribution in [2.24, 2.45) is 0 Å². The smallest absolute Gasteiger partial charge is 0.265 e. The highest BCUT2D eigenvalue weighted by Crippen LogP contribution is 2.15. The predicted molar refractivity (Wildman–Crippen MR) is 73.2 cm³/mol. The van der Waals surface area contributed by atoms with Gasteiger partial charge in [-0.25, -0.2) is 0 Å². The standard InChI is InChI=1S/C14H17N3O2/c1-3-12-9-13(4-2)16(15-12)10-11-6-5-7-14(8-11)17(18)19/h5-9H,3-4,10H2,1-2H3. The molecule has 0 saturated carbocycles. The van der Waals surface area contributed by atoms with Gasteiger partial charge in [-0.2, -0.15) is 5.10 Å². The monoisotopic (exact) mass is 259 g/mol. The van der Waals surface area contributed by atoms with Crippen LogP contribution in [0.2, 0.25) is 0 Å². The number of non-ortho nitro benzene ring substituents is 1. The Morgan fingerprint density at radius 1 is 1.26 bits per heavy atom. The molecule has 0 aliphatic carbocycles. The summed E-state index contributed by atoms with van der Waals surface area (Å²) in [4.78, 5) is 10.4. The second-order valence-electron chi connectivity index (χ2n) is 4.42. The van der Waals surface area contributed by atoms with E-state index in [-0.39, 0.29) is 10.6 Å². The molecule has 100 valence electrons. The molecule has 0 fully saturated rings. The van der Waals surface area contributed by atoms with Crippen LogP contribution >= 0.6 is 0 Å². The largest absolute Gasteiger partial charge is 0.269 e. The number of aromatic nitrogens is 2. The highest BCUT2D eigenvalue weighted by molar-refractivity contribution is 5.34. The van der Waals surface area contributed by atoms with Crippen molar-refractivity contribution in [2.75, 3.05) is 0 Å². The number of hydrogen-bond acceptors (Lipinski definition) is 3. The summed E-state index contributed by atoms with van der Waals surface area (Å²) in [5, 5.41) is 15.3. The number of nitro benzene ring substituents is 1. The first-order valence-electron chi connectivity index (χ1n) is 6.43. The molecule has 0 saturated heterocycles. The maximum absolute atomic E-state index is 10.8. The fraction of sp³-hybridized carbons (Fsp3) is 0.357. The van der Waals surface area contributed by atoms with Crippen molar-refractivity contribution >= 4 is 5.69 Å². The second kappa shape index (κ2) is 5.65. The molecule has 0 radical (unpaired) electrons. The van der Waals surface area contributed by atoms with E-state index in [0.29, 0.717) is 6.54 Å². The molecule has 0 unspecified atom stereocenters. The predicted octanol–water partition coefficient (Wildman–Crippen LogP) is 2.96. The van der Waals surface area contributed by atoms with E-state index in [4.69, 9.17) is 0 Å². The van der Waals surface area contributed by atoms with Crippen molar-refractivity contribution in [2.45, 2.75) is 33.2 Å². The number of rotatable bonds is 5. The number of benzene rings is 1. The molecule has 5 nitrogen and oxygen atoms in total. The lowest BCUT2D eigenvalue weighted by atomic mass is 10.2. The third kappa shape index (κ3) is 2.99. The molecule has 0 atom stereocenters. The fourth-order valence-electron chi connectivity index (χ4n) is 2.05. The summed E-state index contributed by atoms with van der Waals surface area (Å²) in [7, 11) is 0. The van der Waals surface area contributed by atoms with Crippen LogP contribution in [0.15, 0.2) is 30.3 Å². The minimum atomic E-state index is -0.370. The van der Waals surface area contributed by atoms with Crippen molar-refractivity contribution in [1.82, 2.24) is 9.78 Å². The zero-order chi connectivity index (χ0) is 13.8. The molecule has 2 rings (SSSR count). The van der Waals surface area contributed by atoms with Crippen molar-refractivity contribution < 1.29 is 4.92 Å². The highest BCUT2D eigenvalue weighted by Gasteiger charge is 2.09. The fourth-order valence-corrected chi connectivity index (χ4v) is 2.05. The minimum absolute atomic E-state index is 0.124. The first-order valence-corrected chi connectivity index (χ1v) is 6.43. The molecule has 1 aromatic carbocycles. The van der Waals surface area contributed by atoms with Crippen LogP contribution < -0.4 is 0 Å². The number of aryl methyl sites for hydroxylation is 2.